The number of hydrogen-bond donors (Lipinski definition) is 1. The Kier molecular flexibility index (Phi) is 6.67. The van der Waals surface area contributed by atoms with Crippen molar-refractivity contribution in [3.05, 3.63) is 89.5 Å². The highest BCUT2D eigenvalue weighted by Gasteiger charge is 2.32. The van der Waals surface area contributed by atoms with Crippen LogP contribution in [0.25, 0.3) is 11.1 Å². The molecule has 0 atom stereocenters. The van der Waals surface area contributed by atoms with Gasteiger partial charge in [0.15, 0.2) is 6.61 Å². The normalized spacial score (nSPS) is 11.2. The number of benzene rings is 3. The summed E-state index contributed by atoms with van der Waals surface area (Å²) in [4.78, 5) is 11.8. The van der Waals surface area contributed by atoms with E-state index >= 15 is 0 Å². The fourth-order valence-electron chi connectivity index (χ4n) is 2.70. The number of alkyl halides is 3. The average Bonchev–Trinajstić information content (AvgIpc) is 2.78. The van der Waals surface area contributed by atoms with Crippen LogP contribution in [0.1, 0.15) is 16.7 Å². The smallest absolute Gasteiger partial charge is 0.417 e. The summed E-state index contributed by atoms with van der Waals surface area (Å²) in [6.07, 6.45) is -3.58. The second-order valence-electron chi connectivity index (χ2n) is 6.38. The van der Waals surface area contributed by atoms with Gasteiger partial charge in [-0.3, -0.25) is 4.79 Å². The van der Waals surface area contributed by atoms with Gasteiger partial charge in [0, 0.05) is 5.56 Å². The maximum Gasteiger partial charge on any atom is 0.417 e. The summed E-state index contributed by atoms with van der Waals surface area (Å²) < 4.78 is 44.2. The monoisotopic (exact) mass is 423 g/mol. The fourth-order valence-corrected chi connectivity index (χ4v) is 2.70. The van der Waals surface area contributed by atoms with E-state index in [1.54, 1.807) is 36.4 Å². The summed E-state index contributed by atoms with van der Waals surface area (Å²) in [6, 6.07) is 21.1. The first-order valence-corrected chi connectivity index (χ1v) is 9.08. The summed E-state index contributed by atoms with van der Waals surface area (Å²) in [5.41, 5.74) is 3.55. The van der Waals surface area contributed by atoms with E-state index in [1.807, 2.05) is 12.1 Å². The molecule has 0 spiro atoms. The van der Waals surface area contributed by atoms with E-state index < -0.39 is 17.6 Å². The number of nitrogens with zero attached hydrogens (tertiary/aromatic N) is 2. The zero-order chi connectivity index (χ0) is 22.3. The van der Waals surface area contributed by atoms with Crippen molar-refractivity contribution >= 4 is 12.1 Å². The lowest BCUT2D eigenvalue weighted by molar-refractivity contribution is -0.137. The molecule has 0 radical (unpaired) electrons. The van der Waals surface area contributed by atoms with Crippen LogP contribution < -0.4 is 10.2 Å². The molecule has 31 heavy (non-hydrogen) atoms. The van der Waals surface area contributed by atoms with Gasteiger partial charge in [0.05, 0.1) is 23.4 Å². The third-order valence-corrected chi connectivity index (χ3v) is 4.23. The molecule has 156 valence electrons. The van der Waals surface area contributed by atoms with Crippen molar-refractivity contribution in [3.8, 4) is 22.9 Å². The summed E-state index contributed by atoms with van der Waals surface area (Å²) >= 11 is 0. The molecule has 1 N–H and O–H groups in total. The molecular weight excluding hydrogens is 407 g/mol. The predicted molar refractivity (Wildman–Crippen MR) is 109 cm³/mol. The van der Waals surface area contributed by atoms with Crippen molar-refractivity contribution in [2.75, 3.05) is 6.61 Å². The van der Waals surface area contributed by atoms with E-state index in [-0.39, 0.29) is 12.2 Å². The van der Waals surface area contributed by atoms with Crippen molar-refractivity contribution in [1.29, 1.82) is 5.26 Å². The molecule has 0 unspecified atom stereocenters. The maximum atomic E-state index is 12.9. The average molecular weight is 423 g/mol. The predicted octanol–water partition coefficient (Wildman–Crippen LogP) is 4.77. The number of hydrazone groups is 1. The minimum atomic E-state index is -4.51. The second-order valence-corrected chi connectivity index (χ2v) is 6.38. The molecule has 0 aliphatic carbocycles. The van der Waals surface area contributed by atoms with Gasteiger partial charge in [0.1, 0.15) is 5.75 Å². The first kappa shape index (κ1) is 21.6. The molecule has 0 heterocycles. The molecule has 0 saturated carbocycles. The minimum Gasteiger partial charge on any atom is -0.484 e. The highest BCUT2D eigenvalue weighted by atomic mass is 19.4. The standard InChI is InChI=1S/C23H16F3N3O2/c24-23(25,26)21-4-2-1-3-19(21)14-28-29-22(30)15-31-20-11-9-18(10-12-20)17-7-5-16(13-27)6-8-17/h1-12,14H,15H2,(H,29,30). The summed E-state index contributed by atoms with van der Waals surface area (Å²) in [6.45, 7) is -0.353. The number of ether oxygens (including phenoxy) is 1. The van der Waals surface area contributed by atoms with Gasteiger partial charge in [0.2, 0.25) is 0 Å². The summed E-state index contributed by atoms with van der Waals surface area (Å²) in [5.74, 6) is -0.171. The van der Waals surface area contributed by atoms with Crippen molar-refractivity contribution < 1.29 is 22.7 Å². The Hall–Kier alpha value is -4.12. The Balaban J connectivity index is 1.53. The number of rotatable bonds is 6. The fraction of sp³-hybridized carbons (Fsp3) is 0.0870. The lowest BCUT2D eigenvalue weighted by atomic mass is 10.0. The van der Waals surface area contributed by atoms with E-state index in [0.717, 1.165) is 23.4 Å². The van der Waals surface area contributed by atoms with E-state index in [0.29, 0.717) is 11.3 Å². The molecule has 3 aromatic rings. The van der Waals surface area contributed by atoms with E-state index in [4.69, 9.17) is 10.00 Å². The Morgan fingerprint density at radius 3 is 2.23 bits per heavy atom. The molecule has 0 fully saturated rings. The summed E-state index contributed by atoms with van der Waals surface area (Å²) in [5, 5.41) is 12.4. The van der Waals surface area contributed by atoms with Crippen LogP contribution in [-0.2, 0) is 11.0 Å². The number of carbonyl (C=O) groups is 1. The third kappa shape index (κ3) is 5.93. The van der Waals surface area contributed by atoms with E-state index in [1.165, 1.54) is 18.2 Å². The number of nitrogens with one attached hydrogen (secondary N) is 1. The highest BCUT2D eigenvalue weighted by molar-refractivity contribution is 5.84. The zero-order valence-corrected chi connectivity index (χ0v) is 16.1. The maximum absolute atomic E-state index is 12.9. The van der Waals surface area contributed by atoms with Gasteiger partial charge < -0.3 is 4.74 Å². The van der Waals surface area contributed by atoms with Crippen LogP contribution in [0.4, 0.5) is 13.2 Å². The number of nitriles is 1. The zero-order valence-electron chi connectivity index (χ0n) is 16.1. The number of amides is 1. The quantitative estimate of drug-likeness (QED) is 0.458. The topological polar surface area (TPSA) is 74.5 Å². The molecule has 0 saturated heterocycles. The largest absolute Gasteiger partial charge is 0.484 e. The van der Waals surface area contributed by atoms with Crippen molar-refractivity contribution in [1.82, 2.24) is 5.43 Å². The van der Waals surface area contributed by atoms with Gasteiger partial charge in [-0.05, 0) is 41.5 Å². The minimum absolute atomic E-state index is 0.158. The van der Waals surface area contributed by atoms with Gasteiger partial charge >= 0.3 is 6.18 Å². The molecule has 1 amide bonds. The molecular formula is C23H16F3N3O2. The SMILES string of the molecule is N#Cc1ccc(-c2ccc(OCC(=O)NN=Cc3ccccc3C(F)(F)F)cc2)cc1. The first-order chi connectivity index (χ1) is 14.9. The third-order valence-electron chi connectivity index (χ3n) is 4.23. The number of carbonyl (C=O) groups excluding carboxylic acids is 1. The Bertz CT molecular complexity index is 1120. The second kappa shape index (κ2) is 9.59. The molecule has 3 rings (SSSR count). The molecule has 8 heteroatoms. The first-order valence-electron chi connectivity index (χ1n) is 9.08. The highest BCUT2D eigenvalue weighted by Crippen LogP contribution is 2.31. The van der Waals surface area contributed by atoms with Crippen molar-refractivity contribution in [2.45, 2.75) is 6.18 Å². The van der Waals surface area contributed by atoms with Crippen LogP contribution in [0.15, 0.2) is 77.9 Å². The van der Waals surface area contributed by atoms with Crippen LogP contribution in [0.5, 0.6) is 5.75 Å². The lowest BCUT2D eigenvalue weighted by Crippen LogP contribution is -2.24. The van der Waals surface area contributed by atoms with Gasteiger partial charge in [-0.2, -0.15) is 23.5 Å². The Morgan fingerprint density at radius 1 is 1.00 bits per heavy atom. The van der Waals surface area contributed by atoms with Gasteiger partial charge in [0.25, 0.3) is 5.91 Å². The molecule has 0 bridgehead atoms. The summed E-state index contributed by atoms with van der Waals surface area (Å²) in [7, 11) is 0. The molecule has 0 aromatic heterocycles. The van der Waals surface area contributed by atoms with Gasteiger partial charge in [-0.1, -0.05) is 42.5 Å². The molecule has 3 aromatic carbocycles. The van der Waals surface area contributed by atoms with Crippen LogP contribution in [0, 0.1) is 11.3 Å². The van der Waals surface area contributed by atoms with Gasteiger partial charge in [-0.15, -0.1) is 0 Å². The van der Waals surface area contributed by atoms with Crippen LogP contribution in [0.2, 0.25) is 0 Å². The van der Waals surface area contributed by atoms with E-state index in [2.05, 4.69) is 16.6 Å². The Morgan fingerprint density at radius 2 is 1.61 bits per heavy atom. The van der Waals surface area contributed by atoms with Gasteiger partial charge in [-0.25, -0.2) is 5.43 Å². The van der Waals surface area contributed by atoms with Crippen molar-refractivity contribution in [2.24, 2.45) is 5.10 Å². The van der Waals surface area contributed by atoms with Crippen LogP contribution in [-0.4, -0.2) is 18.7 Å². The van der Waals surface area contributed by atoms with E-state index in [9.17, 15) is 18.0 Å². The molecule has 0 aliphatic rings. The Labute approximate surface area is 176 Å². The molecule has 0 aliphatic heterocycles. The molecule has 5 nitrogen and oxygen atoms in total. The van der Waals surface area contributed by atoms with Crippen LogP contribution >= 0.6 is 0 Å². The van der Waals surface area contributed by atoms with Crippen LogP contribution in [0.3, 0.4) is 0 Å². The number of hydrogen-bond acceptors (Lipinski definition) is 4. The lowest BCUT2D eigenvalue weighted by Gasteiger charge is -2.09. The van der Waals surface area contributed by atoms with Crippen molar-refractivity contribution in [3.63, 3.8) is 0 Å². The number of halogens is 3.